The van der Waals surface area contributed by atoms with E-state index in [1.54, 1.807) is 13.2 Å². The summed E-state index contributed by atoms with van der Waals surface area (Å²) in [7, 11) is 1.62. The van der Waals surface area contributed by atoms with Crippen LogP contribution < -0.4 is 10.5 Å². The van der Waals surface area contributed by atoms with Crippen molar-refractivity contribution in [3.05, 3.63) is 40.6 Å². The Morgan fingerprint density at radius 2 is 2.14 bits per heavy atom. The molecule has 21 heavy (non-hydrogen) atoms. The summed E-state index contributed by atoms with van der Waals surface area (Å²) in [6.45, 7) is 0. The van der Waals surface area contributed by atoms with Gasteiger partial charge in [0.1, 0.15) is 11.6 Å². The average molecular weight is 368 g/mol. The van der Waals surface area contributed by atoms with Crippen molar-refractivity contribution in [2.45, 2.75) is 10.1 Å². The summed E-state index contributed by atoms with van der Waals surface area (Å²) in [5.74, 6) is 0.373. The van der Waals surface area contributed by atoms with Gasteiger partial charge in [0.2, 0.25) is 0 Å². The molecular weight excluding hydrogens is 357 g/mol. The number of halogens is 2. The molecule has 0 saturated heterocycles. The van der Waals surface area contributed by atoms with Crippen molar-refractivity contribution in [1.82, 2.24) is 9.97 Å². The van der Waals surface area contributed by atoms with E-state index in [0.717, 1.165) is 21.7 Å². The van der Waals surface area contributed by atoms with Gasteiger partial charge >= 0.3 is 0 Å². The van der Waals surface area contributed by atoms with Crippen molar-refractivity contribution in [3.8, 4) is 5.75 Å². The van der Waals surface area contributed by atoms with Gasteiger partial charge in [-0.15, -0.1) is 0 Å². The molecule has 7 heteroatoms. The molecule has 0 spiro atoms. The molecule has 3 N–H and O–H groups in total. The standard InChI is InChI=1S/C14H11BrFN3OS/c1-20-7-2-3-11-12(4-7)19-14(18-11)21-13-5-8(15)9(16)6-10(13)17/h2-6H,17H2,1H3,(H,18,19). The number of rotatable bonds is 3. The summed E-state index contributed by atoms with van der Waals surface area (Å²) in [4.78, 5) is 8.38. The van der Waals surface area contributed by atoms with Crippen molar-refractivity contribution in [1.29, 1.82) is 0 Å². The van der Waals surface area contributed by atoms with Crippen molar-refractivity contribution < 1.29 is 9.13 Å². The molecular formula is C14H11BrFN3OS. The van der Waals surface area contributed by atoms with Crippen LogP contribution >= 0.6 is 27.7 Å². The Bertz CT molecular complexity index is 821. The van der Waals surface area contributed by atoms with Crippen LogP contribution in [0.4, 0.5) is 10.1 Å². The van der Waals surface area contributed by atoms with Crippen LogP contribution in [-0.2, 0) is 0 Å². The van der Waals surface area contributed by atoms with Crippen molar-refractivity contribution >= 4 is 44.4 Å². The van der Waals surface area contributed by atoms with Crippen LogP contribution in [0.2, 0.25) is 0 Å². The molecule has 1 aromatic heterocycles. The molecule has 0 aliphatic heterocycles. The van der Waals surface area contributed by atoms with E-state index >= 15 is 0 Å². The van der Waals surface area contributed by atoms with Crippen LogP contribution in [0.5, 0.6) is 5.75 Å². The van der Waals surface area contributed by atoms with Crippen LogP contribution in [0.15, 0.2) is 44.9 Å². The Labute approximate surface area is 133 Å². The first kappa shape index (κ1) is 14.2. The van der Waals surface area contributed by atoms with E-state index in [2.05, 4.69) is 25.9 Å². The maximum absolute atomic E-state index is 13.4. The maximum atomic E-state index is 13.4. The largest absolute Gasteiger partial charge is 0.497 e. The second kappa shape index (κ2) is 5.57. The van der Waals surface area contributed by atoms with Gasteiger partial charge in [0.15, 0.2) is 5.16 Å². The predicted molar refractivity (Wildman–Crippen MR) is 85.3 cm³/mol. The van der Waals surface area contributed by atoms with Crippen LogP contribution in [0.3, 0.4) is 0 Å². The number of aromatic nitrogens is 2. The summed E-state index contributed by atoms with van der Waals surface area (Å²) < 4.78 is 18.9. The van der Waals surface area contributed by atoms with Gasteiger partial charge in [-0.05, 0) is 52.0 Å². The Hall–Kier alpha value is -1.73. The molecule has 0 aliphatic carbocycles. The number of fused-ring (bicyclic) bond motifs is 1. The number of anilines is 1. The molecule has 0 radical (unpaired) electrons. The van der Waals surface area contributed by atoms with Crippen molar-refractivity contribution in [3.63, 3.8) is 0 Å². The first-order valence-corrected chi connectivity index (χ1v) is 7.64. The molecule has 0 atom stereocenters. The fraction of sp³-hybridized carbons (Fsp3) is 0.0714. The van der Waals surface area contributed by atoms with Gasteiger partial charge in [-0.2, -0.15) is 0 Å². The van der Waals surface area contributed by atoms with E-state index in [4.69, 9.17) is 10.5 Å². The third-order valence-electron chi connectivity index (χ3n) is 2.93. The van der Waals surface area contributed by atoms with Crippen molar-refractivity contribution in [2.24, 2.45) is 0 Å². The number of aromatic amines is 1. The molecule has 108 valence electrons. The highest BCUT2D eigenvalue weighted by Gasteiger charge is 2.11. The summed E-state index contributed by atoms with van der Waals surface area (Å²) >= 11 is 4.50. The predicted octanol–water partition coefficient (Wildman–Crippen LogP) is 4.21. The van der Waals surface area contributed by atoms with Gasteiger partial charge in [0.05, 0.1) is 22.6 Å². The third-order valence-corrected chi connectivity index (χ3v) is 4.49. The number of methoxy groups -OCH3 is 1. The smallest absolute Gasteiger partial charge is 0.171 e. The summed E-state index contributed by atoms with van der Waals surface area (Å²) in [6.07, 6.45) is 0. The van der Waals surface area contributed by atoms with E-state index in [1.807, 2.05) is 18.2 Å². The van der Waals surface area contributed by atoms with Gasteiger partial charge < -0.3 is 15.5 Å². The molecule has 0 saturated carbocycles. The lowest BCUT2D eigenvalue weighted by atomic mass is 10.3. The minimum atomic E-state index is -0.383. The number of nitrogens with two attached hydrogens (primary N) is 1. The monoisotopic (exact) mass is 367 g/mol. The summed E-state index contributed by atoms with van der Waals surface area (Å²) in [5.41, 5.74) is 7.91. The molecule has 0 aliphatic rings. The van der Waals surface area contributed by atoms with Gasteiger partial charge in [0, 0.05) is 16.6 Å². The van der Waals surface area contributed by atoms with Crippen LogP contribution in [0, 0.1) is 5.82 Å². The SMILES string of the molecule is COc1ccc2nc(Sc3cc(Br)c(F)cc3N)[nH]c2c1. The molecule has 0 unspecified atom stereocenters. The van der Waals surface area contributed by atoms with Crippen LogP contribution in [0.25, 0.3) is 11.0 Å². The van der Waals surface area contributed by atoms with Crippen molar-refractivity contribution in [2.75, 3.05) is 12.8 Å². The zero-order chi connectivity index (χ0) is 15.0. The number of benzene rings is 2. The summed E-state index contributed by atoms with van der Waals surface area (Å²) in [5, 5.41) is 0.684. The molecule has 0 amide bonds. The highest BCUT2D eigenvalue weighted by molar-refractivity contribution is 9.10. The number of nitrogens with one attached hydrogen (secondary N) is 1. The molecule has 3 rings (SSSR count). The first-order chi connectivity index (χ1) is 10.1. The number of nitrogens with zero attached hydrogens (tertiary/aromatic N) is 1. The van der Waals surface area contributed by atoms with Crippen LogP contribution in [-0.4, -0.2) is 17.1 Å². The van der Waals surface area contributed by atoms with E-state index in [1.165, 1.54) is 17.8 Å². The fourth-order valence-corrected chi connectivity index (χ4v) is 3.24. The quantitative estimate of drug-likeness (QED) is 0.680. The van der Waals surface area contributed by atoms with Crippen LogP contribution in [0.1, 0.15) is 0 Å². The van der Waals surface area contributed by atoms with E-state index < -0.39 is 0 Å². The van der Waals surface area contributed by atoms with Gasteiger partial charge in [-0.25, -0.2) is 9.37 Å². The normalized spacial score (nSPS) is 11.0. The lowest BCUT2D eigenvalue weighted by Crippen LogP contribution is -1.91. The zero-order valence-corrected chi connectivity index (χ0v) is 13.4. The first-order valence-electron chi connectivity index (χ1n) is 6.03. The Morgan fingerprint density at radius 1 is 1.33 bits per heavy atom. The van der Waals surface area contributed by atoms with E-state index in [-0.39, 0.29) is 5.82 Å². The minimum Gasteiger partial charge on any atom is -0.497 e. The second-order valence-electron chi connectivity index (χ2n) is 4.33. The number of hydrogen-bond donors (Lipinski definition) is 2. The fourth-order valence-electron chi connectivity index (χ4n) is 1.88. The zero-order valence-electron chi connectivity index (χ0n) is 11.0. The molecule has 0 bridgehead atoms. The number of imidazole rings is 1. The average Bonchev–Trinajstić information content (AvgIpc) is 2.85. The number of ether oxygens (including phenoxy) is 1. The lowest BCUT2D eigenvalue weighted by molar-refractivity contribution is 0.415. The molecule has 2 aromatic carbocycles. The molecule has 0 fully saturated rings. The van der Waals surface area contributed by atoms with E-state index in [9.17, 15) is 4.39 Å². The number of H-pyrrole nitrogens is 1. The third kappa shape index (κ3) is 2.84. The minimum absolute atomic E-state index is 0.372. The highest BCUT2D eigenvalue weighted by Crippen LogP contribution is 2.35. The lowest BCUT2D eigenvalue weighted by Gasteiger charge is -2.04. The maximum Gasteiger partial charge on any atom is 0.171 e. The molecule has 4 nitrogen and oxygen atoms in total. The van der Waals surface area contributed by atoms with Gasteiger partial charge in [-0.1, -0.05) is 0 Å². The van der Waals surface area contributed by atoms with Gasteiger partial charge in [-0.3, -0.25) is 0 Å². The number of nitrogen functional groups attached to an aromatic ring is 1. The topological polar surface area (TPSA) is 63.9 Å². The second-order valence-corrected chi connectivity index (χ2v) is 6.22. The molecule has 3 aromatic rings. The summed E-state index contributed by atoms with van der Waals surface area (Å²) in [6, 6.07) is 8.52. The van der Waals surface area contributed by atoms with E-state index in [0.29, 0.717) is 15.3 Å². The molecule has 1 heterocycles. The Morgan fingerprint density at radius 3 is 2.90 bits per heavy atom. The Balaban J connectivity index is 1.96. The van der Waals surface area contributed by atoms with Gasteiger partial charge in [0.25, 0.3) is 0 Å². The highest BCUT2D eigenvalue weighted by atomic mass is 79.9. The number of hydrogen-bond acceptors (Lipinski definition) is 4. The Kier molecular flexibility index (Phi) is 3.77.